The van der Waals surface area contributed by atoms with Gasteiger partial charge in [0.2, 0.25) is 5.91 Å². The van der Waals surface area contributed by atoms with Crippen molar-refractivity contribution in [3.05, 3.63) is 59.6 Å². The number of para-hydroxylation sites is 1. The van der Waals surface area contributed by atoms with Gasteiger partial charge in [-0.05, 0) is 48.6 Å². The zero-order chi connectivity index (χ0) is 17.2. The van der Waals surface area contributed by atoms with Crippen LogP contribution in [0.25, 0.3) is 6.08 Å². The van der Waals surface area contributed by atoms with Crippen LogP contribution in [0.1, 0.15) is 36.3 Å². The first-order chi connectivity index (χ1) is 12.2. The minimum Gasteiger partial charge on any atom is -0.493 e. The quantitative estimate of drug-likeness (QED) is 0.845. The van der Waals surface area contributed by atoms with Gasteiger partial charge in [-0.15, -0.1) is 0 Å². The van der Waals surface area contributed by atoms with E-state index in [1.807, 2.05) is 30.3 Å². The van der Waals surface area contributed by atoms with Gasteiger partial charge in [0.15, 0.2) is 0 Å². The molecule has 2 heterocycles. The van der Waals surface area contributed by atoms with Crippen LogP contribution in [0.5, 0.6) is 5.75 Å². The monoisotopic (exact) mass is 337 g/mol. The standard InChI is InChI=1S/C21H23NO3/c1-14-10-18(14)20-8-6-17(25-20)7-9-21(23)22-12-15-11-16-4-2-3-5-19(16)24-13-15/h2-9,14-15,18H,10-13H2,1H3,(H,22,23)/b9-7+. The van der Waals surface area contributed by atoms with Gasteiger partial charge in [0, 0.05) is 24.5 Å². The van der Waals surface area contributed by atoms with E-state index < -0.39 is 0 Å². The first kappa shape index (κ1) is 16.0. The Morgan fingerprint density at radius 1 is 1.28 bits per heavy atom. The predicted octanol–water partition coefficient (Wildman–Crippen LogP) is 3.78. The van der Waals surface area contributed by atoms with E-state index >= 15 is 0 Å². The molecule has 3 atom stereocenters. The molecule has 0 radical (unpaired) electrons. The van der Waals surface area contributed by atoms with Crippen molar-refractivity contribution in [2.24, 2.45) is 11.8 Å². The van der Waals surface area contributed by atoms with E-state index in [2.05, 4.69) is 18.3 Å². The fraction of sp³-hybridized carbons (Fsp3) is 0.381. The number of amides is 1. The summed E-state index contributed by atoms with van der Waals surface area (Å²) < 4.78 is 11.5. The second kappa shape index (κ2) is 6.79. The number of rotatable bonds is 5. The number of hydrogen-bond acceptors (Lipinski definition) is 3. The Labute approximate surface area is 147 Å². The van der Waals surface area contributed by atoms with Gasteiger partial charge in [0.05, 0.1) is 6.61 Å². The minimum atomic E-state index is -0.100. The van der Waals surface area contributed by atoms with Gasteiger partial charge in [0.25, 0.3) is 0 Å². The zero-order valence-electron chi connectivity index (χ0n) is 14.4. The Hall–Kier alpha value is -2.49. The first-order valence-corrected chi connectivity index (χ1v) is 8.95. The Morgan fingerprint density at radius 2 is 2.12 bits per heavy atom. The van der Waals surface area contributed by atoms with Gasteiger partial charge < -0.3 is 14.5 Å². The van der Waals surface area contributed by atoms with Gasteiger partial charge in [-0.1, -0.05) is 25.1 Å². The summed E-state index contributed by atoms with van der Waals surface area (Å²) in [7, 11) is 0. The van der Waals surface area contributed by atoms with Crippen LogP contribution in [0.3, 0.4) is 0 Å². The van der Waals surface area contributed by atoms with Crippen LogP contribution in [0, 0.1) is 11.8 Å². The van der Waals surface area contributed by atoms with Crippen molar-refractivity contribution in [3.63, 3.8) is 0 Å². The molecule has 1 fully saturated rings. The summed E-state index contributed by atoms with van der Waals surface area (Å²) in [4.78, 5) is 12.0. The summed E-state index contributed by atoms with van der Waals surface area (Å²) in [6.45, 7) is 3.48. The maximum Gasteiger partial charge on any atom is 0.244 e. The van der Waals surface area contributed by atoms with Crippen molar-refractivity contribution in [1.82, 2.24) is 5.32 Å². The van der Waals surface area contributed by atoms with E-state index in [4.69, 9.17) is 9.15 Å². The molecule has 4 heteroatoms. The normalized spacial score (nSPS) is 24.6. The lowest BCUT2D eigenvalue weighted by molar-refractivity contribution is -0.116. The molecule has 1 aromatic carbocycles. The number of furan rings is 1. The van der Waals surface area contributed by atoms with Gasteiger partial charge in [-0.3, -0.25) is 4.79 Å². The Morgan fingerprint density at radius 3 is 2.96 bits per heavy atom. The van der Waals surface area contributed by atoms with Crippen LogP contribution in [-0.2, 0) is 11.2 Å². The van der Waals surface area contributed by atoms with Crippen LogP contribution >= 0.6 is 0 Å². The highest BCUT2D eigenvalue weighted by molar-refractivity contribution is 5.91. The Kier molecular flexibility index (Phi) is 4.35. The molecule has 1 aliphatic carbocycles. The lowest BCUT2D eigenvalue weighted by Crippen LogP contribution is -2.33. The van der Waals surface area contributed by atoms with Crippen LogP contribution < -0.4 is 10.1 Å². The van der Waals surface area contributed by atoms with E-state index in [1.54, 1.807) is 6.08 Å². The molecule has 0 spiro atoms. The highest BCUT2D eigenvalue weighted by Crippen LogP contribution is 2.47. The second-order valence-electron chi connectivity index (χ2n) is 7.13. The van der Waals surface area contributed by atoms with E-state index in [1.165, 1.54) is 18.1 Å². The summed E-state index contributed by atoms with van der Waals surface area (Å²) in [5, 5.41) is 2.95. The largest absolute Gasteiger partial charge is 0.493 e. The fourth-order valence-electron chi connectivity index (χ4n) is 3.36. The molecule has 4 rings (SSSR count). The third-order valence-corrected chi connectivity index (χ3v) is 5.04. The molecular formula is C21H23NO3. The molecule has 1 amide bonds. The molecule has 1 N–H and O–H groups in total. The number of ether oxygens (including phenoxy) is 1. The summed E-state index contributed by atoms with van der Waals surface area (Å²) >= 11 is 0. The molecular weight excluding hydrogens is 314 g/mol. The van der Waals surface area contributed by atoms with Crippen molar-refractivity contribution in [3.8, 4) is 5.75 Å². The number of nitrogens with one attached hydrogen (secondary N) is 1. The van der Waals surface area contributed by atoms with Crippen LogP contribution in [-0.4, -0.2) is 19.1 Å². The number of benzene rings is 1. The van der Waals surface area contributed by atoms with Crippen molar-refractivity contribution in [1.29, 1.82) is 0 Å². The number of carbonyl (C=O) groups is 1. The third-order valence-electron chi connectivity index (χ3n) is 5.04. The average molecular weight is 337 g/mol. The second-order valence-corrected chi connectivity index (χ2v) is 7.13. The zero-order valence-corrected chi connectivity index (χ0v) is 14.4. The van der Waals surface area contributed by atoms with E-state index in [0.717, 1.165) is 23.7 Å². The van der Waals surface area contributed by atoms with E-state index in [0.29, 0.717) is 30.9 Å². The maximum atomic E-state index is 12.0. The molecule has 130 valence electrons. The molecule has 1 saturated carbocycles. The topological polar surface area (TPSA) is 51.5 Å². The van der Waals surface area contributed by atoms with Crippen molar-refractivity contribution in [2.45, 2.75) is 25.7 Å². The highest BCUT2D eigenvalue weighted by Gasteiger charge is 2.36. The van der Waals surface area contributed by atoms with Crippen LogP contribution in [0.2, 0.25) is 0 Å². The average Bonchev–Trinajstić information content (AvgIpc) is 3.18. The summed E-state index contributed by atoms with van der Waals surface area (Å²) in [6, 6.07) is 12.0. The molecule has 0 saturated heterocycles. The Bertz CT molecular complexity index is 792. The van der Waals surface area contributed by atoms with E-state index in [-0.39, 0.29) is 5.91 Å². The molecule has 1 aromatic heterocycles. The van der Waals surface area contributed by atoms with Gasteiger partial charge >= 0.3 is 0 Å². The molecule has 25 heavy (non-hydrogen) atoms. The van der Waals surface area contributed by atoms with Crippen molar-refractivity contribution >= 4 is 12.0 Å². The first-order valence-electron chi connectivity index (χ1n) is 8.95. The third kappa shape index (κ3) is 3.78. The van der Waals surface area contributed by atoms with Gasteiger partial charge in [0.1, 0.15) is 17.3 Å². The van der Waals surface area contributed by atoms with Gasteiger partial charge in [-0.25, -0.2) is 0 Å². The van der Waals surface area contributed by atoms with Crippen LogP contribution in [0.15, 0.2) is 46.9 Å². The Balaban J connectivity index is 1.26. The molecule has 1 aliphatic heterocycles. The molecule has 2 aromatic rings. The maximum absolute atomic E-state index is 12.0. The minimum absolute atomic E-state index is 0.100. The smallest absolute Gasteiger partial charge is 0.244 e. The van der Waals surface area contributed by atoms with E-state index in [9.17, 15) is 4.79 Å². The summed E-state index contributed by atoms with van der Waals surface area (Å²) in [5.41, 5.74) is 1.21. The highest BCUT2D eigenvalue weighted by atomic mass is 16.5. The van der Waals surface area contributed by atoms with Crippen LogP contribution in [0.4, 0.5) is 0 Å². The number of carbonyl (C=O) groups excluding carboxylic acids is 1. The summed E-state index contributed by atoms with van der Waals surface area (Å²) in [5.74, 6) is 4.21. The lowest BCUT2D eigenvalue weighted by Gasteiger charge is -2.25. The summed E-state index contributed by atoms with van der Waals surface area (Å²) in [6.07, 6.45) is 5.40. The van der Waals surface area contributed by atoms with Crippen molar-refractivity contribution in [2.75, 3.05) is 13.2 Å². The molecule has 2 aliphatic rings. The predicted molar refractivity (Wildman–Crippen MR) is 96.4 cm³/mol. The SMILES string of the molecule is CC1CC1c1ccc(/C=C/C(=O)NCC2COc3ccccc3C2)o1. The molecule has 4 nitrogen and oxygen atoms in total. The van der Waals surface area contributed by atoms with Crippen molar-refractivity contribution < 1.29 is 13.9 Å². The molecule has 0 bridgehead atoms. The lowest BCUT2D eigenvalue weighted by atomic mass is 9.97. The number of hydrogen-bond donors (Lipinski definition) is 1. The van der Waals surface area contributed by atoms with Gasteiger partial charge in [-0.2, -0.15) is 0 Å². The number of fused-ring (bicyclic) bond motifs is 1. The molecule has 3 unspecified atom stereocenters. The fourth-order valence-corrected chi connectivity index (χ4v) is 3.36.